The number of fused-ring (bicyclic) bond motifs is 2. The summed E-state index contributed by atoms with van der Waals surface area (Å²) < 4.78 is 23.1. The van der Waals surface area contributed by atoms with E-state index in [1.807, 2.05) is 4.57 Å². The van der Waals surface area contributed by atoms with Crippen molar-refractivity contribution in [3.05, 3.63) is 52.8 Å². The number of carbonyl (C=O) groups excluding carboxylic acids is 1. The van der Waals surface area contributed by atoms with Gasteiger partial charge in [0.1, 0.15) is 23.8 Å². The normalized spacial score (nSPS) is 17.1. The Bertz CT molecular complexity index is 1440. The lowest BCUT2D eigenvalue weighted by Gasteiger charge is -2.23. The molecule has 34 heavy (non-hydrogen) atoms. The number of imidazole rings is 1. The van der Waals surface area contributed by atoms with E-state index in [0.717, 1.165) is 23.9 Å². The van der Waals surface area contributed by atoms with Gasteiger partial charge in [-0.1, -0.05) is 6.07 Å². The summed E-state index contributed by atoms with van der Waals surface area (Å²) in [6.45, 7) is 3.70. The summed E-state index contributed by atoms with van der Waals surface area (Å²) in [7, 11) is 0. The molecule has 4 heterocycles. The average Bonchev–Trinajstić information content (AvgIpc) is 3.26. The molecule has 1 unspecified atom stereocenters. The summed E-state index contributed by atoms with van der Waals surface area (Å²) in [6.07, 6.45) is 5.92. The van der Waals surface area contributed by atoms with Crippen molar-refractivity contribution >= 4 is 33.8 Å². The number of ether oxygens (including phenoxy) is 1. The van der Waals surface area contributed by atoms with Gasteiger partial charge in [-0.05, 0) is 38.3 Å². The Morgan fingerprint density at radius 1 is 1.26 bits per heavy atom. The molecule has 0 radical (unpaired) electrons. The third-order valence-electron chi connectivity index (χ3n) is 5.71. The summed E-state index contributed by atoms with van der Waals surface area (Å²) in [6, 6.07) is 3.59. The van der Waals surface area contributed by atoms with Crippen LogP contribution in [0.4, 0.5) is 10.2 Å². The smallest absolute Gasteiger partial charge is 0.283 e. The molecule has 4 aromatic rings. The predicted octanol–water partition coefficient (Wildman–Crippen LogP) is 2.64. The monoisotopic (exact) mass is 466 g/mol. The van der Waals surface area contributed by atoms with Gasteiger partial charge in [0.15, 0.2) is 22.8 Å². The molecule has 176 valence electrons. The van der Waals surface area contributed by atoms with E-state index in [-0.39, 0.29) is 23.0 Å². The molecule has 0 saturated carbocycles. The standard InChI is InChI=1S/C22H23FN8O3/c1-12(20-28-15-7-5-6-14(23)17(15)22(33)31(20)29-13(2)32)27-19-18-21(25-10-24-19)30(11-26-18)16-8-3-4-9-34-16/h5-7,10-12,16H,3-4,8-9H2,1-2H3,(H,29,32)(H,24,25,27)/t12-,16?/m0/s1. The first-order valence-electron chi connectivity index (χ1n) is 11.0. The highest BCUT2D eigenvalue weighted by Crippen LogP contribution is 2.28. The van der Waals surface area contributed by atoms with Crippen LogP contribution >= 0.6 is 0 Å². The van der Waals surface area contributed by atoms with E-state index in [4.69, 9.17) is 4.74 Å². The molecule has 2 atom stereocenters. The largest absolute Gasteiger partial charge is 0.358 e. The zero-order valence-electron chi connectivity index (χ0n) is 18.7. The fourth-order valence-corrected chi connectivity index (χ4v) is 4.14. The van der Waals surface area contributed by atoms with Gasteiger partial charge in [0.2, 0.25) is 5.91 Å². The Kier molecular flexibility index (Phi) is 5.65. The second kappa shape index (κ2) is 8.78. The molecule has 12 heteroatoms. The van der Waals surface area contributed by atoms with Crippen LogP contribution in [0, 0.1) is 5.82 Å². The molecule has 1 aliphatic heterocycles. The van der Waals surface area contributed by atoms with Crippen LogP contribution in [0.2, 0.25) is 0 Å². The number of hydrogen-bond donors (Lipinski definition) is 2. The lowest BCUT2D eigenvalue weighted by atomic mass is 10.2. The van der Waals surface area contributed by atoms with Gasteiger partial charge < -0.3 is 10.1 Å². The van der Waals surface area contributed by atoms with E-state index >= 15 is 0 Å². The van der Waals surface area contributed by atoms with Crippen LogP contribution in [0.1, 0.15) is 51.2 Å². The highest BCUT2D eigenvalue weighted by atomic mass is 19.1. The van der Waals surface area contributed by atoms with E-state index in [1.165, 1.54) is 25.4 Å². The van der Waals surface area contributed by atoms with Gasteiger partial charge in [0.05, 0.1) is 17.9 Å². The number of rotatable bonds is 5. The van der Waals surface area contributed by atoms with Crippen LogP contribution in [0.3, 0.4) is 0 Å². The van der Waals surface area contributed by atoms with Gasteiger partial charge in [-0.25, -0.2) is 29.0 Å². The average molecular weight is 466 g/mol. The number of nitrogens with zero attached hydrogens (tertiary/aromatic N) is 6. The predicted molar refractivity (Wildman–Crippen MR) is 122 cm³/mol. The maximum absolute atomic E-state index is 14.4. The third kappa shape index (κ3) is 3.85. The minimum atomic E-state index is -0.714. The number of anilines is 1. The quantitative estimate of drug-likeness (QED) is 0.459. The second-order valence-electron chi connectivity index (χ2n) is 8.15. The second-order valence-corrected chi connectivity index (χ2v) is 8.15. The van der Waals surface area contributed by atoms with E-state index in [0.29, 0.717) is 23.6 Å². The molecule has 1 aromatic carbocycles. The zero-order chi connectivity index (χ0) is 23.8. The number of amides is 1. The first kappa shape index (κ1) is 21.9. The van der Waals surface area contributed by atoms with Crippen LogP contribution < -0.4 is 16.3 Å². The van der Waals surface area contributed by atoms with E-state index < -0.39 is 23.3 Å². The third-order valence-corrected chi connectivity index (χ3v) is 5.71. The lowest BCUT2D eigenvalue weighted by Crippen LogP contribution is -2.37. The molecule has 0 spiro atoms. The van der Waals surface area contributed by atoms with Crippen molar-refractivity contribution in [3.63, 3.8) is 0 Å². The van der Waals surface area contributed by atoms with Gasteiger partial charge >= 0.3 is 0 Å². The maximum Gasteiger partial charge on any atom is 0.283 e. The Balaban J connectivity index is 1.55. The van der Waals surface area contributed by atoms with Crippen molar-refractivity contribution in [2.75, 3.05) is 17.3 Å². The Morgan fingerprint density at radius 3 is 2.88 bits per heavy atom. The van der Waals surface area contributed by atoms with Crippen LogP contribution in [-0.2, 0) is 9.53 Å². The highest BCUT2D eigenvalue weighted by molar-refractivity contribution is 5.84. The molecule has 1 saturated heterocycles. The summed E-state index contributed by atoms with van der Waals surface area (Å²) in [5.74, 6) is -0.604. The first-order valence-corrected chi connectivity index (χ1v) is 11.0. The SMILES string of the molecule is CC(=O)Nn1c([C@H](C)Nc2ncnc3c2ncn3C2CCCCO2)nc2cccc(F)c2c1=O. The summed E-state index contributed by atoms with van der Waals surface area (Å²) in [5.41, 5.74) is 3.05. The highest BCUT2D eigenvalue weighted by Gasteiger charge is 2.23. The lowest BCUT2D eigenvalue weighted by molar-refractivity contribution is -0.115. The number of carbonyl (C=O) groups is 1. The van der Waals surface area contributed by atoms with Crippen molar-refractivity contribution in [2.45, 2.75) is 45.4 Å². The molecule has 1 amide bonds. The van der Waals surface area contributed by atoms with E-state index in [2.05, 4.69) is 30.7 Å². The van der Waals surface area contributed by atoms with Gasteiger partial charge in [0, 0.05) is 13.5 Å². The molecule has 1 fully saturated rings. The number of benzene rings is 1. The van der Waals surface area contributed by atoms with Crippen molar-refractivity contribution in [3.8, 4) is 0 Å². The minimum Gasteiger partial charge on any atom is -0.358 e. The van der Waals surface area contributed by atoms with Crippen molar-refractivity contribution in [1.82, 2.24) is 29.2 Å². The molecular formula is C22H23FN8O3. The zero-order valence-corrected chi connectivity index (χ0v) is 18.7. The summed E-state index contributed by atoms with van der Waals surface area (Å²) in [4.78, 5) is 42.5. The maximum atomic E-state index is 14.4. The van der Waals surface area contributed by atoms with Crippen molar-refractivity contribution in [2.24, 2.45) is 0 Å². The molecule has 3 aromatic heterocycles. The molecule has 0 bridgehead atoms. The minimum absolute atomic E-state index is 0.138. The Labute approximate surface area is 193 Å². The summed E-state index contributed by atoms with van der Waals surface area (Å²) >= 11 is 0. The fraction of sp³-hybridized carbons (Fsp3) is 0.364. The topological polar surface area (TPSA) is 129 Å². The molecular weight excluding hydrogens is 443 g/mol. The van der Waals surface area contributed by atoms with E-state index in [9.17, 15) is 14.0 Å². The number of aromatic nitrogens is 6. The summed E-state index contributed by atoms with van der Waals surface area (Å²) in [5, 5.41) is 3.00. The van der Waals surface area contributed by atoms with Crippen LogP contribution in [0.5, 0.6) is 0 Å². The van der Waals surface area contributed by atoms with Gasteiger partial charge in [0.25, 0.3) is 5.56 Å². The fourth-order valence-electron chi connectivity index (χ4n) is 4.14. The van der Waals surface area contributed by atoms with Gasteiger partial charge in [-0.3, -0.25) is 19.6 Å². The molecule has 5 rings (SSSR count). The van der Waals surface area contributed by atoms with Crippen LogP contribution in [0.25, 0.3) is 22.1 Å². The molecule has 2 N–H and O–H groups in total. The Morgan fingerprint density at radius 2 is 2.12 bits per heavy atom. The van der Waals surface area contributed by atoms with E-state index in [1.54, 1.807) is 19.3 Å². The molecule has 0 aliphatic carbocycles. The van der Waals surface area contributed by atoms with Gasteiger partial charge in [-0.2, -0.15) is 0 Å². The number of halogens is 1. The number of nitrogens with one attached hydrogen (secondary N) is 2. The number of hydrogen-bond acceptors (Lipinski definition) is 8. The van der Waals surface area contributed by atoms with Crippen molar-refractivity contribution < 1.29 is 13.9 Å². The molecule has 1 aliphatic rings. The van der Waals surface area contributed by atoms with Crippen LogP contribution in [0.15, 0.2) is 35.6 Å². The molecule has 11 nitrogen and oxygen atoms in total. The Hall–Kier alpha value is -3.93. The van der Waals surface area contributed by atoms with Crippen LogP contribution in [-0.4, -0.2) is 41.7 Å². The van der Waals surface area contributed by atoms with Gasteiger partial charge in [-0.15, -0.1) is 0 Å². The van der Waals surface area contributed by atoms with Crippen molar-refractivity contribution in [1.29, 1.82) is 0 Å². The first-order chi connectivity index (χ1) is 16.4.